The predicted molar refractivity (Wildman–Crippen MR) is 81.2 cm³/mol. The van der Waals surface area contributed by atoms with Gasteiger partial charge < -0.3 is 4.90 Å². The monoisotopic (exact) mass is 266 g/mol. The van der Waals surface area contributed by atoms with Crippen LogP contribution in [0.3, 0.4) is 0 Å². The van der Waals surface area contributed by atoms with Crippen LogP contribution >= 0.6 is 0 Å². The SMILES string of the molecule is C=C(C)CN(CC)C(=O)CN(CC)C1CCCCC1. The average molecular weight is 266 g/mol. The predicted octanol–water partition coefficient (Wildman–Crippen LogP) is 3.07. The minimum atomic E-state index is 0.248. The minimum Gasteiger partial charge on any atom is -0.338 e. The van der Waals surface area contributed by atoms with E-state index in [1.165, 1.54) is 32.1 Å². The minimum absolute atomic E-state index is 0.248. The van der Waals surface area contributed by atoms with Crippen LogP contribution in [0, 0.1) is 0 Å². The third kappa shape index (κ3) is 5.35. The zero-order valence-electron chi connectivity index (χ0n) is 13.0. The summed E-state index contributed by atoms with van der Waals surface area (Å²) in [6, 6.07) is 0.617. The summed E-state index contributed by atoms with van der Waals surface area (Å²) in [4.78, 5) is 16.6. The lowest BCUT2D eigenvalue weighted by Crippen LogP contribution is -2.45. The molecular weight excluding hydrogens is 236 g/mol. The van der Waals surface area contributed by atoms with Crippen LogP contribution in [0.4, 0.5) is 0 Å². The lowest BCUT2D eigenvalue weighted by molar-refractivity contribution is -0.132. The van der Waals surface area contributed by atoms with Crippen molar-refractivity contribution in [2.45, 2.75) is 58.9 Å². The molecule has 0 spiro atoms. The van der Waals surface area contributed by atoms with Gasteiger partial charge in [-0.2, -0.15) is 0 Å². The molecule has 19 heavy (non-hydrogen) atoms. The van der Waals surface area contributed by atoms with Gasteiger partial charge in [-0.3, -0.25) is 9.69 Å². The van der Waals surface area contributed by atoms with Crippen molar-refractivity contribution in [1.29, 1.82) is 0 Å². The first-order chi connectivity index (χ1) is 9.08. The Bertz CT molecular complexity index is 295. The van der Waals surface area contributed by atoms with Crippen LogP contribution in [0.1, 0.15) is 52.9 Å². The molecule has 0 atom stereocenters. The van der Waals surface area contributed by atoms with Gasteiger partial charge in [0, 0.05) is 19.1 Å². The van der Waals surface area contributed by atoms with Crippen LogP contribution in [0.15, 0.2) is 12.2 Å². The fourth-order valence-electron chi connectivity index (χ4n) is 2.92. The molecule has 1 aliphatic rings. The fourth-order valence-corrected chi connectivity index (χ4v) is 2.92. The Balaban J connectivity index is 2.52. The second-order valence-corrected chi connectivity index (χ2v) is 5.72. The first-order valence-corrected chi connectivity index (χ1v) is 7.74. The standard InChI is InChI=1S/C16H30N2O/c1-5-17(15-10-8-7-9-11-15)13-16(19)18(6-2)12-14(3)4/h15H,3,5-13H2,1-2,4H3. The summed E-state index contributed by atoms with van der Waals surface area (Å²) in [7, 11) is 0. The number of likely N-dealkylation sites (N-methyl/N-ethyl adjacent to an activating group) is 2. The molecular formula is C16H30N2O. The first kappa shape index (κ1) is 16.2. The Morgan fingerprint density at radius 1 is 1.11 bits per heavy atom. The largest absolute Gasteiger partial charge is 0.338 e. The summed E-state index contributed by atoms with van der Waals surface area (Å²) in [5.74, 6) is 0.248. The van der Waals surface area contributed by atoms with E-state index >= 15 is 0 Å². The van der Waals surface area contributed by atoms with E-state index in [0.29, 0.717) is 19.1 Å². The molecule has 0 aliphatic heterocycles. The van der Waals surface area contributed by atoms with Crippen LogP contribution in [0.5, 0.6) is 0 Å². The summed E-state index contributed by atoms with van der Waals surface area (Å²) in [5.41, 5.74) is 1.05. The Kier molecular flexibility index (Phi) is 7.14. The molecule has 0 saturated heterocycles. The van der Waals surface area contributed by atoms with Crippen molar-refractivity contribution in [2.75, 3.05) is 26.2 Å². The topological polar surface area (TPSA) is 23.6 Å². The lowest BCUT2D eigenvalue weighted by Gasteiger charge is -2.34. The van der Waals surface area contributed by atoms with Gasteiger partial charge in [-0.25, -0.2) is 0 Å². The molecule has 0 heterocycles. The number of amides is 1. The summed E-state index contributed by atoms with van der Waals surface area (Å²) in [6.07, 6.45) is 6.51. The van der Waals surface area contributed by atoms with E-state index in [-0.39, 0.29) is 5.91 Å². The second kappa shape index (κ2) is 8.36. The van der Waals surface area contributed by atoms with Gasteiger partial charge in [0.1, 0.15) is 0 Å². The van der Waals surface area contributed by atoms with Gasteiger partial charge in [0.2, 0.25) is 5.91 Å². The number of carbonyl (C=O) groups is 1. The highest BCUT2D eigenvalue weighted by Crippen LogP contribution is 2.22. The zero-order chi connectivity index (χ0) is 14.3. The van der Waals surface area contributed by atoms with Gasteiger partial charge in [-0.15, -0.1) is 0 Å². The van der Waals surface area contributed by atoms with Crippen molar-refractivity contribution in [3.8, 4) is 0 Å². The van der Waals surface area contributed by atoms with Crippen molar-refractivity contribution in [1.82, 2.24) is 9.80 Å². The van der Waals surface area contributed by atoms with Crippen molar-refractivity contribution in [3.05, 3.63) is 12.2 Å². The molecule has 110 valence electrons. The number of carbonyl (C=O) groups excluding carboxylic acids is 1. The highest BCUT2D eigenvalue weighted by molar-refractivity contribution is 5.78. The fraction of sp³-hybridized carbons (Fsp3) is 0.812. The molecule has 3 heteroatoms. The summed E-state index contributed by atoms with van der Waals surface area (Å²) < 4.78 is 0. The molecule has 1 fully saturated rings. The van der Waals surface area contributed by atoms with Gasteiger partial charge in [-0.05, 0) is 33.2 Å². The maximum absolute atomic E-state index is 12.4. The molecule has 0 aromatic rings. The lowest BCUT2D eigenvalue weighted by atomic mass is 9.94. The van der Waals surface area contributed by atoms with Crippen LogP contribution < -0.4 is 0 Å². The second-order valence-electron chi connectivity index (χ2n) is 5.72. The molecule has 0 radical (unpaired) electrons. The third-order valence-electron chi connectivity index (χ3n) is 4.03. The van der Waals surface area contributed by atoms with Gasteiger partial charge in [0.25, 0.3) is 0 Å². The van der Waals surface area contributed by atoms with E-state index < -0.39 is 0 Å². The Morgan fingerprint density at radius 2 is 1.74 bits per heavy atom. The van der Waals surface area contributed by atoms with E-state index in [4.69, 9.17) is 0 Å². The molecule has 3 nitrogen and oxygen atoms in total. The van der Waals surface area contributed by atoms with Crippen molar-refractivity contribution in [2.24, 2.45) is 0 Å². The van der Waals surface area contributed by atoms with Crippen molar-refractivity contribution >= 4 is 5.91 Å². The van der Waals surface area contributed by atoms with Crippen LogP contribution in [-0.4, -0.2) is 47.9 Å². The van der Waals surface area contributed by atoms with Gasteiger partial charge in [0.15, 0.2) is 0 Å². The maximum Gasteiger partial charge on any atom is 0.237 e. The van der Waals surface area contributed by atoms with Crippen LogP contribution in [0.2, 0.25) is 0 Å². The highest BCUT2D eigenvalue weighted by atomic mass is 16.2. The summed E-state index contributed by atoms with van der Waals surface area (Å²) in [6.45, 7) is 13.1. The van der Waals surface area contributed by atoms with E-state index in [9.17, 15) is 4.79 Å². The Hall–Kier alpha value is -0.830. The average Bonchev–Trinajstić information content (AvgIpc) is 2.42. The smallest absolute Gasteiger partial charge is 0.237 e. The number of nitrogens with zero attached hydrogens (tertiary/aromatic N) is 2. The molecule has 1 amide bonds. The van der Waals surface area contributed by atoms with E-state index in [1.54, 1.807) is 0 Å². The quantitative estimate of drug-likeness (QED) is 0.661. The van der Waals surface area contributed by atoms with Crippen molar-refractivity contribution < 1.29 is 4.79 Å². The molecule has 1 rings (SSSR count). The molecule has 0 aromatic carbocycles. The third-order valence-corrected chi connectivity index (χ3v) is 4.03. The number of rotatable bonds is 7. The molecule has 0 aromatic heterocycles. The van der Waals surface area contributed by atoms with Crippen LogP contribution in [-0.2, 0) is 4.79 Å². The van der Waals surface area contributed by atoms with E-state index in [2.05, 4.69) is 18.4 Å². The highest BCUT2D eigenvalue weighted by Gasteiger charge is 2.23. The van der Waals surface area contributed by atoms with E-state index in [0.717, 1.165) is 18.7 Å². The molecule has 1 saturated carbocycles. The molecule has 0 bridgehead atoms. The summed E-state index contributed by atoms with van der Waals surface area (Å²) >= 11 is 0. The van der Waals surface area contributed by atoms with Gasteiger partial charge in [0.05, 0.1) is 6.54 Å². The van der Waals surface area contributed by atoms with Crippen molar-refractivity contribution in [3.63, 3.8) is 0 Å². The van der Waals surface area contributed by atoms with E-state index in [1.807, 2.05) is 18.7 Å². The molecule has 1 aliphatic carbocycles. The Labute approximate surface area is 118 Å². The molecule has 0 N–H and O–H groups in total. The maximum atomic E-state index is 12.4. The van der Waals surface area contributed by atoms with Gasteiger partial charge >= 0.3 is 0 Å². The number of hydrogen-bond acceptors (Lipinski definition) is 2. The number of hydrogen-bond donors (Lipinski definition) is 0. The zero-order valence-corrected chi connectivity index (χ0v) is 13.0. The normalized spacial score (nSPS) is 16.6. The first-order valence-electron chi connectivity index (χ1n) is 7.74. The Morgan fingerprint density at radius 3 is 2.21 bits per heavy atom. The van der Waals surface area contributed by atoms with Crippen LogP contribution in [0.25, 0.3) is 0 Å². The van der Waals surface area contributed by atoms with Gasteiger partial charge in [-0.1, -0.05) is 38.3 Å². The molecule has 0 unspecified atom stereocenters. The summed E-state index contributed by atoms with van der Waals surface area (Å²) in [5, 5.41) is 0.